The van der Waals surface area contributed by atoms with E-state index in [1.54, 1.807) is 0 Å². The minimum atomic E-state index is -0.920. The Morgan fingerprint density at radius 3 is 3.07 bits per heavy atom. The second kappa shape index (κ2) is 6.05. The van der Waals surface area contributed by atoms with Crippen LogP contribution in [0, 0.1) is 0 Å². The highest BCUT2D eigenvalue weighted by Gasteiger charge is 2.22. The number of hydrogen-bond donors (Lipinski definition) is 2. The van der Waals surface area contributed by atoms with Gasteiger partial charge in [0, 0.05) is 19.1 Å². The molecule has 0 aromatic heterocycles. The molecule has 1 rings (SSSR count). The predicted molar refractivity (Wildman–Crippen MR) is 56.7 cm³/mol. The molecule has 88 valence electrons. The van der Waals surface area contributed by atoms with E-state index in [0.717, 1.165) is 32.7 Å². The lowest BCUT2D eigenvalue weighted by Crippen LogP contribution is -2.47. The smallest absolute Gasteiger partial charge is 0.320 e. The fourth-order valence-corrected chi connectivity index (χ4v) is 1.79. The molecule has 2 atom stereocenters. The van der Waals surface area contributed by atoms with E-state index in [9.17, 15) is 4.79 Å². The van der Waals surface area contributed by atoms with Crippen LogP contribution in [0.3, 0.4) is 0 Å². The molecule has 0 aliphatic carbocycles. The molecule has 0 radical (unpaired) electrons. The highest BCUT2D eigenvalue weighted by Crippen LogP contribution is 2.10. The highest BCUT2D eigenvalue weighted by atomic mass is 16.5. The molecular formula is C10H20N2O3. The molecule has 3 N–H and O–H groups in total. The summed E-state index contributed by atoms with van der Waals surface area (Å²) < 4.78 is 5.37. The Morgan fingerprint density at radius 2 is 2.47 bits per heavy atom. The molecule has 0 bridgehead atoms. The summed E-state index contributed by atoms with van der Waals surface area (Å²) in [7, 11) is 0. The molecule has 0 aromatic carbocycles. The van der Waals surface area contributed by atoms with Gasteiger partial charge in [0.1, 0.15) is 6.04 Å². The number of hydrogen-bond acceptors (Lipinski definition) is 4. The average molecular weight is 216 g/mol. The van der Waals surface area contributed by atoms with Gasteiger partial charge in [0.05, 0.1) is 13.2 Å². The zero-order valence-corrected chi connectivity index (χ0v) is 9.19. The summed E-state index contributed by atoms with van der Waals surface area (Å²) in [6.07, 6.45) is 1.54. The van der Waals surface area contributed by atoms with Crippen LogP contribution in [0.1, 0.15) is 19.8 Å². The van der Waals surface area contributed by atoms with Crippen molar-refractivity contribution >= 4 is 5.97 Å². The normalized spacial score (nSPS) is 25.1. The summed E-state index contributed by atoms with van der Waals surface area (Å²) in [6.45, 7) is 5.22. The monoisotopic (exact) mass is 216 g/mol. The van der Waals surface area contributed by atoms with Crippen molar-refractivity contribution in [1.82, 2.24) is 4.90 Å². The first-order chi connectivity index (χ1) is 7.15. The zero-order valence-electron chi connectivity index (χ0n) is 9.19. The molecule has 1 saturated heterocycles. The Labute approximate surface area is 90.2 Å². The van der Waals surface area contributed by atoms with Crippen molar-refractivity contribution in [3.63, 3.8) is 0 Å². The van der Waals surface area contributed by atoms with Crippen molar-refractivity contribution in [3.05, 3.63) is 0 Å². The third kappa shape index (κ3) is 3.77. The molecule has 1 aliphatic heterocycles. The van der Waals surface area contributed by atoms with Crippen LogP contribution in [0.2, 0.25) is 0 Å². The molecule has 1 fully saturated rings. The van der Waals surface area contributed by atoms with E-state index < -0.39 is 12.0 Å². The fourth-order valence-electron chi connectivity index (χ4n) is 1.79. The topological polar surface area (TPSA) is 75.8 Å². The van der Waals surface area contributed by atoms with Gasteiger partial charge >= 0.3 is 5.97 Å². The lowest BCUT2D eigenvalue weighted by atomic mass is 10.1. The van der Waals surface area contributed by atoms with Crippen molar-refractivity contribution in [2.75, 3.05) is 26.3 Å². The number of nitrogens with zero attached hydrogens (tertiary/aromatic N) is 1. The van der Waals surface area contributed by atoms with Crippen LogP contribution in [0.4, 0.5) is 0 Å². The third-order valence-corrected chi connectivity index (χ3v) is 2.87. The van der Waals surface area contributed by atoms with Gasteiger partial charge < -0.3 is 15.6 Å². The molecule has 2 unspecified atom stereocenters. The summed E-state index contributed by atoms with van der Waals surface area (Å²) in [6, 6.07) is -0.329. The van der Waals surface area contributed by atoms with Gasteiger partial charge in [-0.15, -0.1) is 0 Å². The average Bonchev–Trinajstić information content (AvgIpc) is 2.26. The van der Waals surface area contributed by atoms with E-state index in [4.69, 9.17) is 15.6 Å². The van der Waals surface area contributed by atoms with E-state index in [1.807, 2.05) is 0 Å². The number of carboxylic acid groups (broad SMARTS) is 1. The van der Waals surface area contributed by atoms with Gasteiger partial charge in [0.15, 0.2) is 0 Å². The predicted octanol–water partition coefficient (Wildman–Crippen LogP) is -0.101. The van der Waals surface area contributed by atoms with E-state index >= 15 is 0 Å². The molecule has 1 heterocycles. The molecule has 5 heteroatoms. The van der Waals surface area contributed by atoms with E-state index in [1.165, 1.54) is 0 Å². The van der Waals surface area contributed by atoms with Crippen LogP contribution >= 0.6 is 0 Å². The first kappa shape index (κ1) is 12.4. The van der Waals surface area contributed by atoms with E-state index in [-0.39, 0.29) is 0 Å². The molecule has 0 aromatic rings. The quantitative estimate of drug-likeness (QED) is 0.671. The maximum atomic E-state index is 10.6. The summed E-state index contributed by atoms with van der Waals surface area (Å²) in [4.78, 5) is 12.8. The summed E-state index contributed by atoms with van der Waals surface area (Å²) in [5.41, 5.74) is 5.46. The van der Waals surface area contributed by atoms with Crippen molar-refractivity contribution in [3.8, 4) is 0 Å². The second-order valence-electron chi connectivity index (χ2n) is 3.91. The molecule has 15 heavy (non-hydrogen) atoms. The van der Waals surface area contributed by atoms with Gasteiger partial charge in [-0.05, 0) is 12.8 Å². The van der Waals surface area contributed by atoms with Crippen LogP contribution in [0.15, 0.2) is 0 Å². The number of rotatable bonds is 5. The standard InChI is InChI=1S/C10H20N2O3/c1-2-8-7-15-6-5-12(8)4-3-9(11)10(13)14/h8-9H,2-7,11H2,1H3,(H,13,14). The van der Waals surface area contributed by atoms with Crippen LogP contribution in [0.25, 0.3) is 0 Å². The van der Waals surface area contributed by atoms with Gasteiger partial charge in [0.2, 0.25) is 0 Å². The maximum absolute atomic E-state index is 10.6. The van der Waals surface area contributed by atoms with Gasteiger partial charge in [0.25, 0.3) is 0 Å². The van der Waals surface area contributed by atoms with Gasteiger partial charge in [-0.2, -0.15) is 0 Å². The van der Waals surface area contributed by atoms with E-state index in [2.05, 4.69) is 11.8 Å². The van der Waals surface area contributed by atoms with Crippen LogP contribution in [-0.2, 0) is 9.53 Å². The van der Waals surface area contributed by atoms with Crippen molar-refractivity contribution in [1.29, 1.82) is 0 Å². The third-order valence-electron chi connectivity index (χ3n) is 2.87. The van der Waals surface area contributed by atoms with Gasteiger partial charge in [-0.1, -0.05) is 6.92 Å². The van der Waals surface area contributed by atoms with Crippen molar-refractivity contribution < 1.29 is 14.6 Å². The van der Waals surface area contributed by atoms with Crippen molar-refractivity contribution in [2.24, 2.45) is 5.73 Å². The Kier molecular flexibility index (Phi) is 5.01. The molecule has 0 saturated carbocycles. The molecule has 1 aliphatic rings. The molecule has 5 nitrogen and oxygen atoms in total. The molecular weight excluding hydrogens is 196 g/mol. The Morgan fingerprint density at radius 1 is 1.73 bits per heavy atom. The second-order valence-corrected chi connectivity index (χ2v) is 3.91. The first-order valence-electron chi connectivity index (χ1n) is 5.45. The lowest BCUT2D eigenvalue weighted by molar-refractivity contribution is -0.138. The van der Waals surface area contributed by atoms with Crippen molar-refractivity contribution in [2.45, 2.75) is 31.8 Å². The number of carbonyl (C=O) groups is 1. The summed E-state index contributed by atoms with van der Waals surface area (Å²) >= 11 is 0. The number of carboxylic acids is 1. The number of nitrogens with two attached hydrogens (primary N) is 1. The molecule has 0 spiro atoms. The van der Waals surface area contributed by atoms with Gasteiger partial charge in [-0.3, -0.25) is 9.69 Å². The Balaban J connectivity index is 2.32. The number of ether oxygens (including phenoxy) is 1. The summed E-state index contributed by atoms with van der Waals surface area (Å²) in [5.74, 6) is -0.920. The van der Waals surface area contributed by atoms with Crippen LogP contribution in [0.5, 0.6) is 0 Å². The Bertz CT molecular complexity index is 211. The molecule has 0 amide bonds. The first-order valence-corrected chi connectivity index (χ1v) is 5.45. The maximum Gasteiger partial charge on any atom is 0.320 e. The highest BCUT2D eigenvalue weighted by molar-refractivity contribution is 5.72. The van der Waals surface area contributed by atoms with E-state index in [0.29, 0.717) is 12.5 Å². The number of morpholine rings is 1. The van der Waals surface area contributed by atoms with Crippen LogP contribution in [-0.4, -0.2) is 54.4 Å². The minimum Gasteiger partial charge on any atom is -0.480 e. The summed E-state index contributed by atoms with van der Waals surface area (Å²) in [5, 5.41) is 8.67. The largest absolute Gasteiger partial charge is 0.480 e. The lowest BCUT2D eigenvalue weighted by Gasteiger charge is -2.35. The fraction of sp³-hybridized carbons (Fsp3) is 0.900. The number of aliphatic carboxylic acids is 1. The SMILES string of the molecule is CCC1COCCN1CCC(N)C(=O)O. The van der Waals surface area contributed by atoms with Gasteiger partial charge in [-0.25, -0.2) is 0 Å². The van der Waals surface area contributed by atoms with Crippen LogP contribution < -0.4 is 5.73 Å². The zero-order chi connectivity index (χ0) is 11.3. The minimum absolute atomic E-state index is 0.416. The Hall–Kier alpha value is -0.650.